The van der Waals surface area contributed by atoms with E-state index < -0.39 is 11.2 Å². The minimum atomic E-state index is -1.38. The number of carbonyl (C=O) groups excluding carboxylic acids is 1. The van der Waals surface area contributed by atoms with Gasteiger partial charge in [0.05, 0.1) is 12.7 Å². The predicted octanol–water partition coefficient (Wildman–Crippen LogP) is 2.12. The van der Waals surface area contributed by atoms with Gasteiger partial charge in [-0.1, -0.05) is 23.7 Å². The molecule has 0 N–H and O–H groups in total. The lowest BCUT2D eigenvalue weighted by atomic mass is 10.1. The van der Waals surface area contributed by atoms with Crippen LogP contribution in [0.3, 0.4) is 0 Å². The Morgan fingerprint density at radius 2 is 1.88 bits per heavy atom. The van der Waals surface area contributed by atoms with Crippen molar-refractivity contribution in [2.75, 3.05) is 21.3 Å². The van der Waals surface area contributed by atoms with Gasteiger partial charge in [0.1, 0.15) is 0 Å². The Morgan fingerprint density at radius 3 is 2.38 bits per heavy atom. The highest BCUT2D eigenvalue weighted by molar-refractivity contribution is 6.22. The van der Waals surface area contributed by atoms with E-state index in [4.69, 9.17) is 21.1 Å². The molecule has 88 valence electrons. The smallest absolute Gasteiger partial charge is 0.337 e. The summed E-state index contributed by atoms with van der Waals surface area (Å²) < 4.78 is 14.7. The van der Waals surface area contributed by atoms with E-state index in [0.29, 0.717) is 11.1 Å². The third-order valence-electron chi connectivity index (χ3n) is 2.15. The maximum Gasteiger partial charge on any atom is 0.337 e. The van der Waals surface area contributed by atoms with Crippen LogP contribution in [-0.4, -0.2) is 27.3 Å². The van der Waals surface area contributed by atoms with Gasteiger partial charge in [0.15, 0.2) is 0 Å². The first-order chi connectivity index (χ1) is 7.57. The number of carbonyl (C=O) groups is 1. The number of halogens is 1. The van der Waals surface area contributed by atoms with E-state index in [0.717, 1.165) is 0 Å². The monoisotopic (exact) mass is 244 g/mol. The first-order valence-corrected chi connectivity index (χ1v) is 4.93. The van der Waals surface area contributed by atoms with Crippen molar-refractivity contribution in [2.24, 2.45) is 0 Å². The molecule has 0 saturated heterocycles. The van der Waals surface area contributed by atoms with Gasteiger partial charge in [0.2, 0.25) is 0 Å². The highest BCUT2D eigenvalue weighted by Gasteiger charge is 2.29. The summed E-state index contributed by atoms with van der Waals surface area (Å²) in [7, 11) is 4.15. The van der Waals surface area contributed by atoms with Crippen LogP contribution < -0.4 is 0 Å². The van der Waals surface area contributed by atoms with Crippen molar-refractivity contribution in [1.29, 1.82) is 0 Å². The van der Waals surface area contributed by atoms with Crippen LogP contribution in [0.4, 0.5) is 0 Å². The van der Waals surface area contributed by atoms with E-state index in [1.807, 2.05) is 0 Å². The molecular weight excluding hydrogens is 232 g/mol. The molecule has 0 bridgehead atoms. The number of benzene rings is 1. The van der Waals surface area contributed by atoms with Crippen LogP contribution in [0.25, 0.3) is 0 Å². The average Bonchev–Trinajstić information content (AvgIpc) is 2.37. The van der Waals surface area contributed by atoms with Gasteiger partial charge < -0.3 is 14.2 Å². The summed E-state index contributed by atoms with van der Waals surface area (Å²) in [5, 5.41) is -1.38. The Bertz CT molecular complexity index is 374. The van der Waals surface area contributed by atoms with Crippen LogP contribution in [-0.2, 0) is 19.5 Å². The molecule has 5 heteroatoms. The third-order valence-corrected chi connectivity index (χ3v) is 2.68. The van der Waals surface area contributed by atoms with Gasteiger partial charge in [-0.05, 0) is 12.1 Å². The SMILES string of the molecule is COC(=O)c1cccc(C(Cl)(OC)OC)c1. The fourth-order valence-corrected chi connectivity index (χ4v) is 1.39. The second-order valence-electron chi connectivity index (χ2n) is 3.02. The van der Waals surface area contributed by atoms with Gasteiger partial charge >= 0.3 is 5.97 Å². The second-order valence-corrected chi connectivity index (χ2v) is 3.51. The fourth-order valence-electron chi connectivity index (χ4n) is 1.27. The Kier molecular flexibility index (Phi) is 4.29. The van der Waals surface area contributed by atoms with Crippen molar-refractivity contribution in [3.8, 4) is 0 Å². The standard InChI is InChI=1S/C11H13ClO4/c1-14-10(13)8-5-4-6-9(7-8)11(12,15-2)16-3/h4-7H,1-3H3. The van der Waals surface area contributed by atoms with E-state index in [2.05, 4.69) is 4.74 Å². The molecule has 1 aromatic carbocycles. The molecule has 1 aromatic rings. The van der Waals surface area contributed by atoms with Crippen LogP contribution >= 0.6 is 11.6 Å². The van der Waals surface area contributed by atoms with Crippen molar-refractivity contribution >= 4 is 17.6 Å². The van der Waals surface area contributed by atoms with Gasteiger partial charge in [0.25, 0.3) is 5.25 Å². The van der Waals surface area contributed by atoms with Gasteiger partial charge in [0, 0.05) is 19.8 Å². The molecule has 0 atom stereocenters. The molecule has 0 saturated carbocycles. The third kappa shape index (κ3) is 2.52. The molecule has 4 nitrogen and oxygen atoms in total. The van der Waals surface area contributed by atoms with E-state index in [9.17, 15) is 4.79 Å². The van der Waals surface area contributed by atoms with E-state index in [1.165, 1.54) is 21.3 Å². The second kappa shape index (κ2) is 5.30. The lowest BCUT2D eigenvalue weighted by Gasteiger charge is -2.23. The average molecular weight is 245 g/mol. The fraction of sp³-hybridized carbons (Fsp3) is 0.364. The highest BCUT2D eigenvalue weighted by Crippen LogP contribution is 2.30. The van der Waals surface area contributed by atoms with E-state index in [-0.39, 0.29) is 0 Å². The quantitative estimate of drug-likeness (QED) is 0.462. The predicted molar refractivity (Wildman–Crippen MR) is 59.3 cm³/mol. The zero-order chi connectivity index (χ0) is 12.2. The number of hydrogen-bond acceptors (Lipinski definition) is 4. The maximum absolute atomic E-state index is 11.3. The zero-order valence-electron chi connectivity index (χ0n) is 9.32. The molecule has 0 aliphatic heterocycles. The van der Waals surface area contributed by atoms with Gasteiger partial charge in [-0.3, -0.25) is 0 Å². The van der Waals surface area contributed by atoms with Crippen LogP contribution in [0.1, 0.15) is 15.9 Å². The molecule has 0 aliphatic rings. The molecular formula is C11H13ClO4. The summed E-state index contributed by atoms with van der Waals surface area (Å²) in [6.07, 6.45) is 0. The van der Waals surface area contributed by atoms with E-state index >= 15 is 0 Å². The lowest BCUT2D eigenvalue weighted by molar-refractivity contribution is -0.147. The normalized spacial score (nSPS) is 11.2. The van der Waals surface area contributed by atoms with Gasteiger partial charge in [-0.25, -0.2) is 4.79 Å². The zero-order valence-corrected chi connectivity index (χ0v) is 10.1. The highest BCUT2D eigenvalue weighted by atomic mass is 35.5. The molecule has 0 aromatic heterocycles. The number of alkyl halides is 1. The van der Waals surface area contributed by atoms with Crippen molar-refractivity contribution in [2.45, 2.75) is 5.25 Å². The minimum absolute atomic E-state index is 0.388. The van der Waals surface area contributed by atoms with Crippen LogP contribution in [0.5, 0.6) is 0 Å². The summed E-state index contributed by atoms with van der Waals surface area (Å²) in [4.78, 5) is 11.3. The molecule has 16 heavy (non-hydrogen) atoms. The molecule has 0 spiro atoms. The number of ether oxygens (including phenoxy) is 3. The van der Waals surface area contributed by atoms with Crippen molar-refractivity contribution in [3.63, 3.8) is 0 Å². The molecule has 0 radical (unpaired) electrons. The Labute approximate surface area is 99.1 Å². The van der Waals surface area contributed by atoms with Crippen molar-refractivity contribution in [3.05, 3.63) is 35.4 Å². The summed E-state index contributed by atoms with van der Waals surface area (Å²) in [5.74, 6) is -0.437. The van der Waals surface area contributed by atoms with Crippen molar-refractivity contribution in [1.82, 2.24) is 0 Å². The van der Waals surface area contributed by atoms with Gasteiger partial charge in [-0.2, -0.15) is 0 Å². The topological polar surface area (TPSA) is 44.8 Å². The molecule has 0 heterocycles. The number of rotatable bonds is 4. The maximum atomic E-state index is 11.3. The summed E-state index contributed by atoms with van der Waals surface area (Å²) in [6, 6.07) is 6.56. The van der Waals surface area contributed by atoms with Gasteiger partial charge in [-0.15, -0.1) is 0 Å². The van der Waals surface area contributed by atoms with Crippen LogP contribution in [0.15, 0.2) is 24.3 Å². The molecule has 0 fully saturated rings. The molecule has 0 unspecified atom stereocenters. The molecule has 0 amide bonds. The lowest BCUT2D eigenvalue weighted by Crippen LogP contribution is -2.23. The van der Waals surface area contributed by atoms with Crippen LogP contribution in [0, 0.1) is 0 Å². The molecule has 0 aliphatic carbocycles. The number of methoxy groups -OCH3 is 3. The summed E-state index contributed by atoms with van der Waals surface area (Å²) in [5.41, 5.74) is 0.918. The molecule has 1 rings (SSSR count). The Morgan fingerprint density at radius 1 is 1.25 bits per heavy atom. The first-order valence-electron chi connectivity index (χ1n) is 4.55. The first kappa shape index (κ1) is 13.0. The largest absolute Gasteiger partial charge is 0.465 e. The summed E-state index contributed by atoms with van der Waals surface area (Å²) in [6.45, 7) is 0. The summed E-state index contributed by atoms with van der Waals surface area (Å²) >= 11 is 6.06. The number of hydrogen-bond donors (Lipinski definition) is 0. The Balaban J connectivity index is 3.11. The Hall–Kier alpha value is -1.10. The minimum Gasteiger partial charge on any atom is -0.465 e. The van der Waals surface area contributed by atoms with E-state index in [1.54, 1.807) is 24.3 Å². The number of esters is 1. The van der Waals surface area contributed by atoms with Crippen LogP contribution in [0.2, 0.25) is 0 Å². The van der Waals surface area contributed by atoms with Crippen molar-refractivity contribution < 1.29 is 19.0 Å².